The minimum absolute atomic E-state index is 0.237. The number of carbonyl (C=O) groups is 1. The molecule has 134 valence electrons. The molecule has 25 heavy (non-hydrogen) atoms. The summed E-state index contributed by atoms with van der Waals surface area (Å²) in [6.45, 7) is 5.32. The molecular formula is C18H26N6O. The molecule has 0 bridgehead atoms. The minimum atomic E-state index is -0.237. The van der Waals surface area contributed by atoms with Crippen LogP contribution in [0.4, 0.5) is 16.2 Å². The van der Waals surface area contributed by atoms with Crippen molar-refractivity contribution in [3.8, 4) is 0 Å². The summed E-state index contributed by atoms with van der Waals surface area (Å²) >= 11 is 0. The predicted molar refractivity (Wildman–Crippen MR) is 98.7 cm³/mol. The van der Waals surface area contributed by atoms with Crippen molar-refractivity contribution in [2.75, 3.05) is 23.3 Å². The lowest BCUT2D eigenvalue weighted by atomic mass is 10.2. The zero-order chi connectivity index (χ0) is 17.5. The Hall–Kier alpha value is -2.57. The van der Waals surface area contributed by atoms with Crippen molar-refractivity contribution in [3.05, 3.63) is 36.4 Å². The Morgan fingerprint density at radius 3 is 2.76 bits per heavy atom. The average Bonchev–Trinajstić information content (AvgIpc) is 2.91. The quantitative estimate of drug-likeness (QED) is 0.876. The Kier molecular flexibility index (Phi) is 5.87. The second-order valence-electron chi connectivity index (χ2n) is 6.29. The van der Waals surface area contributed by atoms with Crippen LogP contribution in [0, 0.1) is 0 Å². The van der Waals surface area contributed by atoms with E-state index in [4.69, 9.17) is 0 Å². The van der Waals surface area contributed by atoms with Gasteiger partial charge in [0.25, 0.3) is 0 Å². The molecule has 7 nitrogen and oxygen atoms in total. The topological polar surface area (TPSA) is 75.1 Å². The van der Waals surface area contributed by atoms with Crippen molar-refractivity contribution in [2.45, 2.75) is 45.7 Å². The maximum Gasteiger partial charge on any atom is 0.319 e. The van der Waals surface area contributed by atoms with Crippen molar-refractivity contribution in [1.29, 1.82) is 0 Å². The van der Waals surface area contributed by atoms with Gasteiger partial charge in [-0.15, -0.1) is 10.2 Å². The normalized spacial score (nSPS) is 14.8. The van der Waals surface area contributed by atoms with Crippen LogP contribution in [0.1, 0.15) is 38.4 Å². The molecule has 1 aromatic heterocycles. The number of aryl methyl sites for hydroxylation is 1. The second-order valence-corrected chi connectivity index (χ2v) is 6.29. The zero-order valence-electron chi connectivity index (χ0n) is 14.7. The number of amides is 2. The number of nitrogens with zero attached hydrogens (tertiary/aromatic N) is 4. The maximum absolute atomic E-state index is 12.2. The summed E-state index contributed by atoms with van der Waals surface area (Å²) in [4.78, 5) is 14.6. The highest BCUT2D eigenvalue weighted by atomic mass is 16.2. The van der Waals surface area contributed by atoms with Crippen molar-refractivity contribution >= 4 is 17.4 Å². The molecule has 0 spiro atoms. The van der Waals surface area contributed by atoms with Crippen LogP contribution in [0.5, 0.6) is 0 Å². The first kappa shape index (κ1) is 17.3. The summed E-state index contributed by atoms with van der Waals surface area (Å²) < 4.78 is 1.90. The molecule has 2 N–H and O–H groups in total. The lowest BCUT2D eigenvalue weighted by molar-refractivity contribution is 0.251. The van der Waals surface area contributed by atoms with Gasteiger partial charge < -0.3 is 20.1 Å². The third kappa shape index (κ3) is 4.71. The van der Waals surface area contributed by atoms with Gasteiger partial charge in [-0.1, -0.05) is 18.9 Å². The fourth-order valence-corrected chi connectivity index (χ4v) is 3.12. The molecule has 2 amide bonds. The molecule has 1 aliphatic rings. The van der Waals surface area contributed by atoms with Crippen LogP contribution in [0.3, 0.4) is 0 Å². The Morgan fingerprint density at radius 2 is 2.00 bits per heavy atom. The summed E-state index contributed by atoms with van der Waals surface area (Å²) in [6, 6.07) is 7.81. The fourth-order valence-electron chi connectivity index (χ4n) is 3.12. The van der Waals surface area contributed by atoms with E-state index in [-0.39, 0.29) is 6.03 Å². The maximum atomic E-state index is 12.2. The van der Waals surface area contributed by atoms with Gasteiger partial charge in [0.2, 0.25) is 0 Å². The summed E-state index contributed by atoms with van der Waals surface area (Å²) in [6.07, 6.45) is 6.74. The first-order chi connectivity index (χ1) is 12.3. The SMILES string of the molecule is CCn1cnnc1CNC(=O)Nc1cccc(N2CCCCCC2)c1. The highest BCUT2D eigenvalue weighted by Gasteiger charge is 2.11. The van der Waals surface area contributed by atoms with E-state index in [1.165, 1.54) is 31.4 Å². The number of hydrogen-bond acceptors (Lipinski definition) is 4. The molecule has 7 heteroatoms. The van der Waals surface area contributed by atoms with E-state index in [1.807, 2.05) is 29.7 Å². The van der Waals surface area contributed by atoms with Crippen LogP contribution in [0.25, 0.3) is 0 Å². The third-order valence-corrected chi connectivity index (χ3v) is 4.52. The van der Waals surface area contributed by atoms with Gasteiger partial charge in [-0.25, -0.2) is 4.79 Å². The number of carbonyl (C=O) groups excluding carboxylic acids is 1. The molecule has 0 saturated carbocycles. The molecule has 1 saturated heterocycles. The molecule has 1 aliphatic heterocycles. The number of benzene rings is 1. The fraction of sp³-hybridized carbons (Fsp3) is 0.500. The third-order valence-electron chi connectivity index (χ3n) is 4.52. The van der Waals surface area contributed by atoms with Crippen LogP contribution >= 0.6 is 0 Å². The number of hydrogen-bond donors (Lipinski definition) is 2. The molecule has 2 heterocycles. The Bertz CT molecular complexity index is 690. The van der Waals surface area contributed by atoms with E-state index in [2.05, 4.69) is 31.8 Å². The van der Waals surface area contributed by atoms with Crippen LogP contribution in [0.15, 0.2) is 30.6 Å². The van der Waals surface area contributed by atoms with Crippen molar-refractivity contribution in [2.24, 2.45) is 0 Å². The Balaban J connectivity index is 1.56. The highest BCUT2D eigenvalue weighted by molar-refractivity contribution is 5.89. The molecule has 0 aliphatic carbocycles. The Labute approximate surface area is 148 Å². The number of nitrogens with one attached hydrogen (secondary N) is 2. The smallest absolute Gasteiger partial charge is 0.319 e. The average molecular weight is 342 g/mol. The van der Waals surface area contributed by atoms with Crippen molar-refractivity contribution < 1.29 is 4.79 Å². The largest absolute Gasteiger partial charge is 0.371 e. The van der Waals surface area contributed by atoms with E-state index in [0.717, 1.165) is 31.1 Å². The van der Waals surface area contributed by atoms with E-state index in [1.54, 1.807) is 6.33 Å². The summed E-state index contributed by atoms with van der Waals surface area (Å²) in [5.74, 6) is 0.746. The van der Waals surface area contributed by atoms with Crippen LogP contribution < -0.4 is 15.5 Å². The minimum Gasteiger partial charge on any atom is -0.371 e. The molecule has 1 aromatic carbocycles. The van der Waals surface area contributed by atoms with E-state index < -0.39 is 0 Å². The van der Waals surface area contributed by atoms with E-state index in [0.29, 0.717) is 6.54 Å². The molecule has 0 atom stereocenters. The van der Waals surface area contributed by atoms with E-state index >= 15 is 0 Å². The molecule has 0 unspecified atom stereocenters. The van der Waals surface area contributed by atoms with Gasteiger partial charge in [0.15, 0.2) is 5.82 Å². The molecule has 3 rings (SSSR count). The zero-order valence-corrected chi connectivity index (χ0v) is 14.7. The highest BCUT2D eigenvalue weighted by Crippen LogP contribution is 2.22. The molecule has 1 fully saturated rings. The monoisotopic (exact) mass is 342 g/mol. The van der Waals surface area contributed by atoms with Gasteiger partial charge in [-0.2, -0.15) is 0 Å². The van der Waals surface area contributed by atoms with Crippen LogP contribution in [-0.4, -0.2) is 33.9 Å². The van der Waals surface area contributed by atoms with Gasteiger partial charge in [-0.05, 0) is 38.0 Å². The first-order valence-corrected chi connectivity index (χ1v) is 9.03. The van der Waals surface area contributed by atoms with Gasteiger partial charge in [0.1, 0.15) is 6.33 Å². The first-order valence-electron chi connectivity index (χ1n) is 9.03. The van der Waals surface area contributed by atoms with Crippen LogP contribution in [0.2, 0.25) is 0 Å². The van der Waals surface area contributed by atoms with Gasteiger partial charge in [-0.3, -0.25) is 0 Å². The van der Waals surface area contributed by atoms with Gasteiger partial charge in [0, 0.05) is 31.0 Å². The Morgan fingerprint density at radius 1 is 1.20 bits per heavy atom. The number of rotatable bonds is 5. The van der Waals surface area contributed by atoms with Crippen molar-refractivity contribution in [1.82, 2.24) is 20.1 Å². The molecule has 0 radical (unpaired) electrons. The standard InChI is InChI=1S/C18H26N6O/c1-2-23-14-20-22-17(23)13-19-18(25)21-15-8-7-9-16(12-15)24-10-5-3-4-6-11-24/h7-9,12,14H,2-6,10-11,13H2,1H3,(H2,19,21,25). The number of anilines is 2. The number of aromatic nitrogens is 3. The molecule has 2 aromatic rings. The van der Waals surface area contributed by atoms with Crippen LogP contribution in [-0.2, 0) is 13.1 Å². The van der Waals surface area contributed by atoms with Crippen molar-refractivity contribution in [3.63, 3.8) is 0 Å². The lowest BCUT2D eigenvalue weighted by Gasteiger charge is -2.23. The predicted octanol–water partition coefficient (Wildman–Crippen LogP) is 3.00. The van der Waals surface area contributed by atoms with Gasteiger partial charge >= 0.3 is 6.03 Å². The lowest BCUT2D eigenvalue weighted by Crippen LogP contribution is -2.29. The summed E-state index contributed by atoms with van der Waals surface area (Å²) in [5.41, 5.74) is 1.97. The molecular weight excluding hydrogens is 316 g/mol. The number of urea groups is 1. The summed E-state index contributed by atoms with van der Waals surface area (Å²) in [7, 11) is 0. The van der Waals surface area contributed by atoms with E-state index in [9.17, 15) is 4.79 Å². The summed E-state index contributed by atoms with van der Waals surface area (Å²) in [5, 5.41) is 13.6. The van der Waals surface area contributed by atoms with Gasteiger partial charge in [0.05, 0.1) is 6.54 Å². The second kappa shape index (κ2) is 8.50.